The van der Waals surface area contributed by atoms with Crippen LogP contribution >= 0.6 is 27.3 Å². The molecule has 18 heavy (non-hydrogen) atoms. The molecule has 0 spiro atoms. The molecule has 0 fully saturated rings. The van der Waals surface area contributed by atoms with E-state index in [2.05, 4.69) is 15.9 Å². The van der Waals surface area contributed by atoms with Gasteiger partial charge in [0.25, 0.3) is 0 Å². The first-order valence-corrected chi connectivity index (χ1v) is 7.10. The summed E-state index contributed by atoms with van der Waals surface area (Å²) in [5.41, 5.74) is 1.60. The van der Waals surface area contributed by atoms with E-state index in [1.165, 1.54) is 0 Å². The molecule has 0 amide bonds. The van der Waals surface area contributed by atoms with Crippen molar-refractivity contribution in [2.75, 3.05) is 0 Å². The minimum atomic E-state index is -0.0101. The highest BCUT2D eigenvalue weighted by Gasteiger charge is 2.10. The quantitative estimate of drug-likeness (QED) is 0.656. The van der Waals surface area contributed by atoms with Crippen LogP contribution < -0.4 is 5.43 Å². The van der Waals surface area contributed by atoms with Crippen molar-refractivity contribution >= 4 is 38.2 Å². The first-order chi connectivity index (χ1) is 8.65. The van der Waals surface area contributed by atoms with Crippen LogP contribution in [0.2, 0.25) is 0 Å². The van der Waals surface area contributed by atoms with Crippen LogP contribution in [0.25, 0.3) is 21.6 Å². The number of hydrogen-bond acceptors (Lipinski definition) is 3. The molecule has 0 saturated carbocycles. The number of rotatable bonds is 1. The number of fused-ring (bicyclic) bond motifs is 1. The molecule has 0 aliphatic carbocycles. The van der Waals surface area contributed by atoms with Crippen molar-refractivity contribution in [3.63, 3.8) is 0 Å². The zero-order valence-corrected chi connectivity index (χ0v) is 12.0. The van der Waals surface area contributed by atoms with E-state index in [9.17, 15) is 4.79 Å². The standard InChI is InChI=1S/C14H9BrO2S/c1-8-5-9(15)6-10-11(16)7-12(17-14(8)10)13-3-2-4-18-13/h2-7H,1H3. The maximum Gasteiger partial charge on any atom is 0.193 e. The molecule has 4 heteroatoms. The van der Waals surface area contributed by atoms with E-state index in [4.69, 9.17) is 4.42 Å². The van der Waals surface area contributed by atoms with Crippen LogP contribution in [0.5, 0.6) is 0 Å². The van der Waals surface area contributed by atoms with Gasteiger partial charge in [-0.2, -0.15) is 0 Å². The van der Waals surface area contributed by atoms with Crippen LogP contribution in [0, 0.1) is 6.92 Å². The number of aryl methyl sites for hydroxylation is 1. The minimum Gasteiger partial charge on any atom is -0.455 e. The molecule has 0 unspecified atom stereocenters. The van der Waals surface area contributed by atoms with Gasteiger partial charge in [-0.1, -0.05) is 22.0 Å². The van der Waals surface area contributed by atoms with Crippen LogP contribution in [0.1, 0.15) is 5.56 Å². The van der Waals surface area contributed by atoms with Crippen LogP contribution in [-0.4, -0.2) is 0 Å². The molecule has 0 radical (unpaired) electrons. The van der Waals surface area contributed by atoms with Gasteiger partial charge in [0.05, 0.1) is 10.3 Å². The molecule has 0 N–H and O–H groups in total. The maximum absolute atomic E-state index is 12.1. The molecule has 2 nitrogen and oxygen atoms in total. The van der Waals surface area contributed by atoms with Crippen LogP contribution in [0.15, 0.2) is 49.4 Å². The summed E-state index contributed by atoms with van der Waals surface area (Å²) in [6, 6.07) is 9.19. The molecule has 3 aromatic rings. The van der Waals surface area contributed by atoms with Gasteiger partial charge in [0.1, 0.15) is 11.3 Å². The van der Waals surface area contributed by atoms with Gasteiger partial charge in [-0.05, 0) is 36.1 Å². The van der Waals surface area contributed by atoms with Gasteiger partial charge < -0.3 is 4.42 Å². The number of hydrogen-bond donors (Lipinski definition) is 0. The van der Waals surface area contributed by atoms with Gasteiger partial charge in [0.15, 0.2) is 5.43 Å². The lowest BCUT2D eigenvalue weighted by Crippen LogP contribution is -2.01. The summed E-state index contributed by atoms with van der Waals surface area (Å²) in [7, 11) is 0. The predicted octanol–water partition coefficient (Wildman–Crippen LogP) is 4.59. The van der Waals surface area contributed by atoms with Crippen molar-refractivity contribution in [2.45, 2.75) is 6.92 Å². The second-order valence-electron chi connectivity index (χ2n) is 4.05. The summed E-state index contributed by atoms with van der Waals surface area (Å²) in [6.07, 6.45) is 0. The third-order valence-electron chi connectivity index (χ3n) is 2.74. The Labute approximate surface area is 116 Å². The zero-order chi connectivity index (χ0) is 12.7. The van der Waals surface area contributed by atoms with Crippen molar-refractivity contribution < 1.29 is 4.42 Å². The summed E-state index contributed by atoms with van der Waals surface area (Å²) in [5, 5.41) is 2.58. The molecule has 0 atom stereocenters. The number of halogens is 1. The van der Waals surface area contributed by atoms with Gasteiger partial charge in [-0.15, -0.1) is 11.3 Å². The van der Waals surface area contributed by atoms with E-state index < -0.39 is 0 Å². The average molecular weight is 321 g/mol. The molecular formula is C14H9BrO2S. The molecule has 0 aliphatic heterocycles. The van der Waals surface area contributed by atoms with Crippen molar-refractivity contribution in [3.8, 4) is 10.6 Å². The predicted molar refractivity (Wildman–Crippen MR) is 78.2 cm³/mol. The Morgan fingerprint density at radius 2 is 2.11 bits per heavy atom. The smallest absolute Gasteiger partial charge is 0.193 e. The highest BCUT2D eigenvalue weighted by molar-refractivity contribution is 9.10. The van der Waals surface area contributed by atoms with Crippen molar-refractivity contribution in [2.24, 2.45) is 0 Å². The highest BCUT2D eigenvalue weighted by atomic mass is 79.9. The molecule has 2 heterocycles. The van der Waals surface area contributed by atoms with Gasteiger partial charge in [0, 0.05) is 10.5 Å². The molecule has 2 aromatic heterocycles. The molecule has 3 rings (SSSR count). The number of thiophene rings is 1. The third-order valence-corrected chi connectivity index (χ3v) is 4.09. The monoisotopic (exact) mass is 320 g/mol. The Kier molecular flexibility index (Phi) is 2.84. The Bertz CT molecular complexity index is 772. The lowest BCUT2D eigenvalue weighted by atomic mass is 10.1. The molecule has 0 saturated heterocycles. The van der Waals surface area contributed by atoms with Crippen LogP contribution in [0.4, 0.5) is 0 Å². The van der Waals surface area contributed by atoms with Gasteiger partial charge in [-0.3, -0.25) is 4.79 Å². The van der Waals surface area contributed by atoms with E-state index in [-0.39, 0.29) is 5.43 Å². The van der Waals surface area contributed by atoms with E-state index in [1.54, 1.807) is 23.5 Å². The fourth-order valence-corrected chi connectivity index (χ4v) is 3.17. The average Bonchev–Trinajstić information content (AvgIpc) is 2.83. The topological polar surface area (TPSA) is 30.2 Å². The third kappa shape index (κ3) is 1.91. The second-order valence-corrected chi connectivity index (χ2v) is 5.91. The summed E-state index contributed by atoms with van der Waals surface area (Å²) in [6.45, 7) is 1.94. The van der Waals surface area contributed by atoms with E-state index in [0.717, 1.165) is 14.9 Å². The van der Waals surface area contributed by atoms with E-state index in [0.29, 0.717) is 16.7 Å². The van der Waals surface area contributed by atoms with E-state index >= 15 is 0 Å². The summed E-state index contributed by atoms with van der Waals surface area (Å²) < 4.78 is 6.75. The van der Waals surface area contributed by atoms with Crippen molar-refractivity contribution in [1.29, 1.82) is 0 Å². The Morgan fingerprint density at radius 1 is 1.28 bits per heavy atom. The Balaban J connectivity index is 2.38. The Hall–Kier alpha value is -1.39. The van der Waals surface area contributed by atoms with Crippen LogP contribution in [0.3, 0.4) is 0 Å². The summed E-state index contributed by atoms with van der Waals surface area (Å²) >= 11 is 4.96. The lowest BCUT2D eigenvalue weighted by Gasteiger charge is -2.04. The largest absolute Gasteiger partial charge is 0.455 e. The maximum atomic E-state index is 12.1. The number of benzene rings is 1. The summed E-state index contributed by atoms with van der Waals surface area (Å²) in [4.78, 5) is 13.1. The lowest BCUT2D eigenvalue weighted by molar-refractivity contribution is 0.618. The van der Waals surface area contributed by atoms with E-state index in [1.807, 2.05) is 30.5 Å². The Morgan fingerprint density at radius 3 is 2.83 bits per heavy atom. The molecule has 0 bridgehead atoms. The molecule has 90 valence electrons. The normalized spacial score (nSPS) is 11.0. The second kappa shape index (κ2) is 4.37. The zero-order valence-electron chi connectivity index (χ0n) is 9.57. The fourth-order valence-electron chi connectivity index (χ4n) is 1.92. The molecule has 0 aliphatic rings. The fraction of sp³-hybridized carbons (Fsp3) is 0.0714. The minimum absolute atomic E-state index is 0.0101. The highest BCUT2D eigenvalue weighted by Crippen LogP contribution is 2.28. The molecular weight excluding hydrogens is 312 g/mol. The van der Waals surface area contributed by atoms with Gasteiger partial charge in [0.2, 0.25) is 0 Å². The van der Waals surface area contributed by atoms with Crippen molar-refractivity contribution in [1.82, 2.24) is 0 Å². The van der Waals surface area contributed by atoms with Crippen LogP contribution in [-0.2, 0) is 0 Å². The summed E-state index contributed by atoms with van der Waals surface area (Å²) in [5.74, 6) is 0.632. The molecule has 1 aromatic carbocycles. The van der Waals surface area contributed by atoms with Gasteiger partial charge >= 0.3 is 0 Å². The first kappa shape index (κ1) is 11.7. The van der Waals surface area contributed by atoms with Gasteiger partial charge in [-0.25, -0.2) is 0 Å². The SMILES string of the molecule is Cc1cc(Br)cc2c(=O)cc(-c3cccs3)oc12. The van der Waals surface area contributed by atoms with Crippen molar-refractivity contribution in [3.05, 3.63) is 56.0 Å². The first-order valence-electron chi connectivity index (χ1n) is 5.43.